The van der Waals surface area contributed by atoms with Crippen molar-refractivity contribution in [2.75, 3.05) is 32.7 Å². The first-order valence-corrected chi connectivity index (χ1v) is 7.38. The van der Waals surface area contributed by atoms with Gasteiger partial charge in [-0.1, -0.05) is 20.3 Å². The van der Waals surface area contributed by atoms with Gasteiger partial charge in [0.15, 0.2) is 0 Å². The van der Waals surface area contributed by atoms with Gasteiger partial charge in [0.2, 0.25) is 0 Å². The number of hydrogen-bond donors (Lipinski definition) is 1. The van der Waals surface area contributed by atoms with Crippen LogP contribution < -0.4 is 5.32 Å². The molecule has 0 aromatic rings. The lowest BCUT2D eigenvalue weighted by Gasteiger charge is -2.47. The molecule has 2 saturated heterocycles. The summed E-state index contributed by atoms with van der Waals surface area (Å²) in [6, 6.07) is 2.19. The van der Waals surface area contributed by atoms with Crippen molar-refractivity contribution >= 4 is 0 Å². The van der Waals surface area contributed by atoms with E-state index in [1.165, 1.54) is 45.4 Å². The van der Waals surface area contributed by atoms with Crippen LogP contribution in [0.2, 0.25) is 0 Å². The molecule has 2 unspecified atom stereocenters. The van der Waals surface area contributed by atoms with Crippen LogP contribution in [-0.4, -0.2) is 60.6 Å². The van der Waals surface area contributed by atoms with Gasteiger partial charge in [0.25, 0.3) is 0 Å². The topological polar surface area (TPSA) is 18.5 Å². The summed E-state index contributed by atoms with van der Waals surface area (Å²) in [5, 5.41) is 3.53. The van der Waals surface area contributed by atoms with Crippen molar-refractivity contribution in [3.63, 3.8) is 0 Å². The molecule has 0 amide bonds. The van der Waals surface area contributed by atoms with Crippen LogP contribution in [0.3, 0.4) is 0 Å². The average Bonchev–Trinajstić information content (AvgIpc) is 2.29. The fraction of sp³-hybridized carbons (Fsp3) is 1.00. The van der Waals surface area contributed by atoms with Crippen molar-refractivity contribution in [1.82, 2.24) is 15.1 Å². The fourth-order valence-corrected chi connectivity index (χ4v) is 3.22. The predicted octanol–water partition coefficient (Wildman–Crippen LogP) is 1.54. The maximum Gasteiger partial charge on any atom is 0.0223 e. The summed E-state index contributed by atoms with van der Waals surface area (Å²) in [6.07, 6.45) is 4.27. The Bertz CT molecular complexity index is 230. The van der Waals surface area contributed by atoms with Crippen LogP contribution in [0.15, 0.2) is 0 Å². The highest BCUT2D eigenvalue weighted by Gasteiger charge is 2.32. The zero-order chi connectivity index (χ0) is 12.3. The third kappa shape index (κ3) is 3.67. The van der Waals surface area contributed by atoms with Gasteiger partial charge in [0.1, 0.15) is 0 Å². The van der Waals surface area contributed by atoms with E-state index in [9.17, 15) is 0 Å². The fourth-order valence-electron chi connectivity index (χ4n) is 3.22. The molecule has 1 N–H and O–H groups in total. The summed E-state index contributed by atoms with van der Waals surface area (Å²) in [5.41, 5.74) is 0. The SMILES string of the molecule is CC(C)NCCN1CC2CCCCN2CC1C. The minimum atomic E-state index is 0.612. The van der Waals surface area contributed by atoms with Crippen molar-refractivity contribution in [2.45, 2.75) is 58.2 Å². The van der Waals surface area contributed by atoms with Gasteiger partial charge in [-0.25, -0.2) is 0 Å². The van der Waals surface area contributed by atoms with E-state index in [4.69, 9.17) is 0 Å². The molecule has 0 radical (unpaired) electrons. The van der Waals surface area contributed by atoms with Crippen LogP contribution in [0.5, 0.6) is 0 Å². The first-order valence-electron chi connectivity index (χ1n) is 7.38. The van der Waals surface area contributed by atoms with Crippen LogP contribution >= 0.6 is 0 Å². The van der Waals surface area contributed by atoms with Crippen LogP contribution in [0.25, 0.3) is 0 Å². The highest BCUT2D eigenvalue weighted by molar-refractivity contribution is 4.89. The smallest absolute Gasteiger partial charge is 0.0223 e. The van der Waals surface area contributed by atoms with E-state index in [0.29, 0.717) is 6.04 Å². The van der Waals surface area contributed by atoms with Crippen molar-refractivity contribution in [1.29, 1.82) is 0 Å². The van der Waals surface area contributed by atoms with Crippen LogP contribution in [-0.2, 0) is 0 Å². The zero-order valence-electron chi connectivity index (χ0n) is 11.8. The summed E-state index contributed by atoms with van der Waals surface area (Å²) < 4.78 is 0. The molecular weight excluding hydrogens is 210 g/mol. The number of nitrogens with zero attached hydrogens (tertiary/aromatic N) is 2. The monoisotopic (exact) mass is 239 g/mol. The maximum absolute atomic E-state index is 3.53. The Morgan fingerprint density at radius 1 is 1.24 bits per heavy atom. The molecule has 2 heterocycles. The Morgan fingerprint density at radius 3 is 2.82 bits per heavy atom. The third-order valence-electron chi connectivity index (χ3n) is 4.27. The van der Waals surface area contributed by atoms with Crippen molar-refractivity contribution in [2.24, 2.45) is 0 Å². The number of hydrogen-bond acceptors (Lipinski definition) is 3. The van der Waals surface area contributed by atoms with Gasteiger partial charge in [-0.15, -0.1) is 0 Å². The van der Waals surface area contributed by atoms with Crippen molar-refractivity contribution in [3.05, 3.63) is 0 Å². The Kier molecular flexibility index (Phi) is 4.83. The van der Waals surface area contributed by atoms with E-state index < -0.39 is 0 Å². The van der Waals surface area contributed by atoms with Crippen LogP contribution in [0, 0.1) is 0 Å². The largest absolute Gasteiger partial charge is 0.313 e. The van der Waals surface area contributed by atoms with Crippen molar-refractivity contribution < 1.29 is 0 Å². The molecule has 2 aliphatic heterocycles. The number of nitrogens with one attached hydrogen (secondary N) is 1. The van der Waals surface area contributed by atoms with Gasteiger partial charge in [-0.2, -0.15) is 0 Å². The molecule has 0 aromatic heterocycles. The van der Waals surface area contributed by atoms with Crippen LogP contribution in [0.1, 0.15) is 40.0 Å². The van der Waals surface area contributed by atoms with Gasteiger partial charge in [-0.3, -0.25) is 9.80 Å². The summed E-state index contributed by atoms with van der Waals surface area (Å²) in [4.78, 5) is 5.41. The van der Waals surface area contributed by atoms with Gasteiger partial charge in [-0.05, 0) is 26.3 Å². The van der Waals surface area contributed by atoms with E-state index in [2.05, 4.69) is 35.9 Å². The molecule has 0 saturated carbocycles. The van der Waals surface area contributed by atoms with E-state index in [0.717, 1.165) is 18.6 Å². The van der Waals surface area contributed by atoms with Gasteiger partial charge in [0.05, 0.1) is 0 Å². The second-order valence-electron chi connectivity index (χ2n) is 6.10. The summed E-state index contributed by atoms with van der Waals surface area (Å²) in [5.74, 6) is 0. The predicted molar refractivity (Wildman–Crippen MR) is 73.4 cm³/mol. The lowest BCUT2D eigenvalue weighted by Crippen LogP contribution is -2.59. The molecule has 0 bridgehead atoms. The Hall–Kier alpha value is -0.120. The van der Waals surface area contributed by atoms with Crippen molar-refractivity contribution in [3.8, 4) is 0 Å². The minimum Gasteiger partial charge on any atom is -0.313 e. The molecule has 2 rings (SSSR count). The normalized spacial score (nSPS) is 31.8. The highest BCUT2D eigenvalue weighted by Crippen LogP contribution is 2.23. The van der Waals surface area contributed by atoms with E-state index >= 15 is 0 Å². The molecule has 2 aliphatic rings. The standard InChI is InChI=1S/C14H29N3/c1-12(2)15-7-9-16-11-14-6-4-5-8-17(14)10-13(16)3/h12-15H,4-11H2,1-3H3. The molecule has 3 nitrogen and oxygen atoms in total. The quantitative estimate of drug-likeness (QED) is 0.803. The van der Waals surface area contributed by atoms with Gasteiger partial charge in [0, 0.05) is 44.3 Å². The van der Waals surface area contributed by atoms with E-state index in [1.807, 2.05) is 0 Å². The number of piperidine rings is 1. The lowest BCUT2D eigenvalue weighted by atomic mass is 9.97. The minimum absolute atomic E-state index is 0.612. The van der Waals surface area contributed by atoms with Gasteiger partial charge >= 0.3 is 0 Å². The average molecular weight is 239 g/mol. The highest BCUT2D eigenvalue weighted by atomic mass is 15.3. The third-order valence-corrected chi connectivity index (χ3v) is 4.27. The second-order valence-corrected chi connectivity index (χ2v) is 6.10. The van der Waals surface area contributed by atoms with E-state index in [-0.39, 0.29) is 0 Å². The Morgan fingerprint density at radius 2 is 2.06 bits per heavy atom. The number of fused-ring (bicyclic) bond motifs is 1. The Labute approximate surface area is 107 Å². The zero-order valence-corrected chi connectivity index (χ0v) is 11.8. The van der Waals surface area contributed by atoms with E-state index in [1.54, 1.807) is 0 Å². The molecule has 2 fully saturated rings. The second kappa shape index (κ2) is 6.17. The molecule has 100 valence electrons. The molecule has 0 aliphatic carbocycles. The molecule has 2 atom stereocenters. The summed E-state index contributed by atoms with van der Waals surface area (Å²) in [7, 11) is 0. The molecule has 0 aromatic carbocycles. The maximum atomic E-state index is 3.53. The van der Waals surface area contributed by atoms with Gasteiger partial charge < -0.3 is 5.32 Å². The first-order chi connectivity index (χ1) is 8.16. The summed E-state index contributed by atoms with van der Waals surface area (Å²) in [6.45, 7) is 13.1. The molecule has 0 spiro atoms. The number of piperazine rings is 1. The molecule has 17 heavy (non-hydrogen) atoms. The lowest BCUT2D eigenvalue weighted by molar-refractivity contribution is 0.0158. The first kappa shape index (κ1) is 13.3. The number of rotatable bonds is 4. The summed E-state index contributed by atoms with van der Waals surface area (Å²) >= 11 is 0. The Balaban J connectivity index is 1.78. The van der Waals surface area contributed by atoms with Crippen LogP contribution in [0.4, 0.5) is 0 Å². The molecule has 3 heteroatoms. The molecular formula is C14H29N3.